The zero-order chi connectivity index (χ0) is 12.5. The van der Waals surface area contributed by atoms with Gasteiger partial charge in [-0.15, -0.1) is 0 Å². The minimum Gasteiger partial charge on any atom is -0.460 e. The molecule has 0 radical (unpaired) electrons. The fourth-order valence-corrected chi connectivity index (χ4v) is 1.51. The van der Waals surface area contributed by atoms with Crippen LogP contribution in [0.4, 0.5) is 0 Å². The lowest BCUT2D eigenvalue weighted by molar-refractivity contribution is -0.157. The van der Waals surface area contributed by atoms with Crippen LogP contribution in [0.15, 0.2) is 0 Å². The van der Waals surface area contributed by atoms with Gasteiger partial charge in [0.05, 0.1) is 11.8 Å². The molecule has 2 atom stereocenters. The molecule has 0 aliphatic heterocycles. The van der Waals surface area contributed by atoms with E-state index in [2.05, 4.69) is 5.32 Å². The Morgan fingerprint density at radius 2 is 1.81 bits per heavy atom. The molecule has 0 bridgehead atoms. The second-order valence-corrected chi connectivity index (χ2v) is 5.65. The van der Waals surface area contributed by atoms with Crippen molar-refractivity contribution in [3.05, 3.63) is 0 Å². The fourth-order valence-electron chi connectivity index (χ4n) is 1.51. The van der Waals surface area contributed by atoms with E-state index in [4.69, 9.17) is 4.74 Å². The van der Waals surface area contributed by atoms with Crippen molar-refractivity contribution < 1.29 is 14.3 Å². The molecule has 1 aliphatic carbocycles. The standard InChI is InChI=1S/C12H21NO3/c1-7(2)13-10(14)8-6-9(8)11(15)16-12(3,4)5/h7-9H,6H2,1-5H3,(H,13,14). The normalized spacial score (nSPS) is 24.1. The molecular weight excluding hydrogens is 206 g/mol. The number of carbonyl (C=O) groups excluding carboxylic acids is 2. The van der Waals surface area contributed by atoms with Crippen molar-refractivity contribution >= 4 is 11.9 Å². The van der Waals surface area contributed by atoms with Gasteiger partial charge in [-0.05, 0) is 41.0 Å². The molecule has 1 aliphatic rings. The van der Waals surface area contributed by atoms with Crippen molar-refractivity contribution in [2.45, 2.75) is 52.7 Å². The molecule has 0 aromatic carbocycles. The van der Waals surface area contributed by atoms with Crippen LogP contribution in [0.1, 0.15) is 41.0 Å². The van der Waals surface area contributed by atoms with E-state index in [1.165, 1.54) is 0 Å². The third kappa shape index (κ3) is 3.83. The first-order chi connectivity index (χ1) is 7.20. The largest absolute Gasteiger partial charge is 0.460 e. The van der Waals surface area contributed by atoms with E-state index in [-0.39, 0.29) is 29.8 Å². The summed E-state index contributed by atoms with van der Waals surface area (Å²) in [5.41, 5.74) is -0.473. The lowest BCUT2D eigenvalue weighted by Gasteiger charge is -2.19. The highest BCUT2D eigenvalue weighted by atomic mass is 16.6. The Hall–Kier alpha value is -1.06. The van der Waals surface area contributed by atoms with Crippen LogP contribution in [0.2, 0.25) is 0 Å². The Kier molecular flexibility index (Phi) is 3.61. The van der Waals surface area contributed by atoms with Gasteiger partial charge in [0.15, 0.2) is 0 Å². The molecular formula is C12H21NO3. The van der Waals surface area contributed by atoms with Crippen LogP contribution >= 0.6 is 0 Å². The summed E-state index contributed by atoms with van der Waals surface area (Å²) in [6.45, 7) is 9.30. The lowest BCUT2D eigenvalue weighted by Crippen LogP contribution is -2.33. The maximum Gasteiger partial charge on any atom is 0.310 e. The van der Waals surface area contributed by atoms with Crippen LogP contribution in [0.3, 0.4) is 0 Å². The molecule has 0 heterocycles. The minimum absolute atomic E-state index is 0.0362. The van der Waals surface area contributed by atoms with Crippen LogP contribution < -0.4 is 5.32 Å². The molecule has 4 nitrogen and oxygen atoms in total. The summed E-state index contributed by atoms with van der Waals surface area (Å²) in [5.74, 6) is -0.711. The van der Waals surface area contributed by atoms with E-state index < -0.39 is 5.60 Å². The first-order valence-corrected chi connectivity index (χ1v) is 5.74. The van der Waals surface area contributed by atoms with Gasteiger partial charge in [0.1, 0.15) is 5.60 Å². The first kappa shape index (κ1) is 13.0. The van der Waals surface area contributed by atoms with Gasteiger partial charge in [-0.1, -0.05) is 0 Å². The molecule has 1 fully saturated rings. The van der Waals surface area contributed by atoms with E-state index >= 15 is 0 Å². The third-order valence-electron chi connectivity index (χ3n) is 2.27. The molecule has 0 aromatic heterocycles. The number of hydrogen-bond acceptors (Lipinski definition) is 3. The topological polar surface area (TPSA) is 55.4 Å². The maximum absolute atomic E-state index is 11.6. The van der Waals surface area contributed by atoms with Crippen LogP contribution in [0, 0.1) is 11.8 Å². The number of hydrogen-bond donors (Lipinski definition) is 1. The minimum atomic E-state index is -0.473. The van der Waals surface area contributed by atoms with Crippen LogP contribution in [-0.2, 0) is 14.3 Å². The molecule has 0 spiro atoms. The highest BCUT2D eigenvalue weighted by Crippen LogP contribution is 2.40. The Morgan fingerprint density at radius 1 is 1.25 bits per heavy atom. The average Bonchev–Trinajstić information content (AvgIpc) is 2.76. The van der Waals surface area contributed by atoms with E-state index in [0.29, 0.717) is 6.42 Å². The maximum atomic E-state index is 11.6. The van der Waals surface area contributed by atoms with Gasteiger partial charge >= 0.3 is 5.97 Å². The molecule has 4 heteroatoms. The summed E-state index contributed by atoms with van der Waals surface area (Å²) in [7, 11) is 0. The predicted octanol–water partition coefficient (Wildman–Crippen LogP) is 1.49. The Morgan fingerprint density at radius 3 is 2.25 bits per heavy atom. The van der Waals surface area contributed by atoms with Crippen molar-refractivity contribution in [2.75, 3.05) is 0 Å². The van der Waals surface area contributed by atoms with Gasteiger partial charge < -0.3 is 10.1 Å². The van der Waals surface area contributed by atoms with Gasteiger partial charge in [0.25, 0.3) is 0 Å². The Labute approximate surface area is 96.7 Å². The number of amides is 1. The van der Waals surface area contributed by atoms with Crippen molar-refractivity contribution in [3.63, 3.8) is 0 Å². The molecule has 2 unspecified atom stereocenters. The van der Waals surface area contributed by atoms with Gasteiger partial charge in [-0.3, -0.25) is 9.59 Å². The Bertz CT molecular complexity index is 291. The van der Waals surface area contributed by atoms with E-state index in [9.17, 15) is 9.59 Å². The van der Waals surface area contributed by atoms with Gasteiger partial charge in [-0.2, -0.15) is 0 Å². The number of esters is 1. The molecule has 1 saturated carbocycles. The number of nitrogens with one attached hydrogen (secondary N) is 1. The Balaban J connectivity index is 2.39. The summed E-state index contributed by atoms with van der Waals surface area (Å²) >= 11 is 0. The van der Waals surface area contributed by atoms with Crippen LogP contribution in [0.5, 0.6) is 0 Å². The van der Waals surface area contributed by atoms with Crippen molar-refractivity contribution in [1.82, 2.24) is 5.32 Å². The highest BCUT2D eigenvalue weighted by Gasteiger charge is 2.49. The van der Waals surface area contributed by atoms with Gasteiger partial charge in [-0.25, -0.2) is 0 Å². The van der Waals surface area contributed by atoms with Gasteiger partial charge in [0.2, 0.25) is 5.91 Å². The van der Waals surface area contributed by atoms with Crippen molar-refractivity contribution in [2.24, 2.45) is 11.8 Å². The summed E-state index contributed by atoms with van der Waals surface area (Å²) in [6.07, 6.45) is 0.619. The molecule has 1 amide bonds. The highest BCUT2D eigenvalue weighted by molar-refractivity contribution is 5.90. The molecule has 0 saturated heterocycles. The van der Waals surface area contributed by atoms with E-state index in [0.717, 1.165) is 0 Å². The van der Waals surface area contributed by atoms with Crippen molar-refractivity contribution in [3.8, 4) is 0 Å². The average molecular weight is 227 g/mol. The second kappa shape index (κ2) is 4.44. The third-order valence-corrected chi connectivity index (χ3v) is 2.27. The summed E-state index contributed by atoms with van der Waals surface area (Å²) in [5, 5.41) is 2.81. The molecule has 16 heavy (non-hydrogen) atoms. The summed E-state index contributed by atoms with van der Waals surface area (Å²) < 4.78 is 5.23. The summed E-state index contributed by atoms with van der Waals surface area (Å²) in [6, 6.07) is 0.118. The number of rotatable bonds is 3. The first-order valence-electron chi connectivity index (χ1n) is 5.74. The second-order valence-electron chi connectivity index (χ2n) is 5.65. The molecule has 1 N–H and O–H groups in total. The summed E-state index contributed by atoms with van der Waals surface area (Å²) in [4.78, 5) is 23.2. The SMILES string of the molecule is CC(C)NC(=O)C1CC1C(=O)OC(C)(C)C. The van der Waals surface area contributed by atoms with E-state index in [1.54, 1.807) is 0 Å². The smallest absolute Gasteiger partial charge is 0.310 e. The van der Waals surface area contributed by atoms with E-state index in [1.807, 2.05) is 34.6 Å². The zero-order valence-corrected chi connectivity index (χ0v) is 10.7. The predicted molar refractivity (Wildman–Crippen MR) is 60.7 cm³/mol. The monoisotopic (exact) mass is 227 g/mol. The van der Waals surface area contributed by atoms with Crippen molar-refractivity contribution in [1.29, 1.82) is 0 Å². The quantitative estimate of drug-likeness (QED) is 0.743. The fraction of sp³-hybridized carbons (Fsp3) is 0.833. The lowest BCUT2D eigenvalue weighted by atomic mass is 10.2. The zero-order valence-electron chi connectivity index (χ0n) is 10.7. The molecule has 1 rings (SSSR count). The number of ether oxygens (including phenoxy) is 1. The van der Waals surface area contributed by atoms with Crippen LogP contribution in [-0.4, -0.2) is 23.5 Å². The molecule has 92 valence electrons. The van der Waals surface area contributed by atoms with Crippen LogP contribution in [0.25, 0.3) is 0 Å². The number of carbonyl (C=O) groups is 2. The molecule has 0 aromatic rings. The van der Waals surface area contributed by atoms with Gasteiger partial charge in [0, 0.05) is 6.04 Å².